The molecule has 0 N–H and O–H groups in total. The standard InChI is InChI=1S/C16H19Cl2NO3/c1-2-11-6-3-4-9-19(11)14(20)10-22-16(21)15-12(17)7-5-8-13(15)18/h5,7-8,11H,2-4,6,9-10H2,1H3. The Balaban J connectivity index is 1.97. The van der Waals surface area contributed by atoms with E-state index >= 15 is 0 Å². The van der Waals surface area contributed by atoms with Crippen LogP contribution in [0.5, 0.6) is 0 Å². The first-order valence-electron chi connectivity index (χ1n) is 7.45. The second-order valence-corrected chi connectivity index (χ2v) is 6.13. The highest BCUT2D eigenvalue weighted by Gasteiger charge is 2.26. The summed E-state index contributed by atoms with van der Waals surface area (Å²) in [7, 11) is 0. The fourth-order valence-corrected chi connectivity index (χ4v) is 3.28. The van der Waals surface area contributed by atoms with Gasteiger partial charge in [0.1, 0.15) is 0 Å². The van der Waals surface area contributed by atoms with Gasteiger partial charge in [0, 0.05) is 12.6 Å². The Labute approximate surface area is 140 Å². The number of nitrogens with zero attached hydrogens (tertiary/aromatic N) is 1. The number of ether oxygens (including phenoxy) is 1. The lowest BCUT2D eigenvalue weighted by atomic mass is 10.00. The van der Waals surface area contributed by atoms with E-state index in [1.54, 1.807) is 18.2 Å². The van der Waals surface area contributed by atoms with E-state index in [4.69, 9.17) is 27.9 Å². The average Bonchev–Trinajstić information content (AvgIpc) is 2.52. The summed E-state index contributed by atoms with van der Waals surface area (Å²) in [6.07, 6.45) is 4.05. The molecule has 6 heteroatoms. The van der Waals surface area contributed by atoms with E-state index < -0.39 is 5.97 Å². The van der Waals surface area contributed by atoms with Crippen molar-refractivity contribution >= 4 is 35.1 Å². The molecule has 0 saturated carbocycles. The van der Waals surface area contributed by atoms with Crippen LogP contribution in [0.15, 0.2) is 18.2 Å². The number of hydrogen-bond acceptors (Lipinski definition) is 3. The Morgan fingerprint density at radius 1 is 1.27 bits per heavy atom. The first-order valence-corrected chi connectivity index (χ1v) is 8.20. The summed E-state index contributed by atoms with van der Waals surface area (Å²) in [6.45, 7) is 2.50. The zero-order chi connectivity index (χ0) is 16.1. The number of rotatable bonds is 4. The summed E-state index contributed by atoms with van der Waals surface area (Å²) in [5, 5.41) is 0.434. The quantitative estimate of drug-likeness (QED) is 0.777. The van der Waals surface area contributed by atoms with Crippen molar-refractivity contribution in [1.29, 1.82) is 0 Å². The van der Waals surface area contributed by atoms with Gasteiger partial charge in [0.15, 0.2) is 6.61 Å². The number of likely N-dealkylation sites (tertiary alicyclic amines) is 1. The molecule has 0 spiro atoms. The molecule has 1 heterocycles. The average molecular weight is 344 g/mol. The second-order valence-electron chi connectivity index (χ2n) is 5.32. The molecule has 0 aliphatic carbocycles. The summed E-state index contributed by atoms with van der Waals surface area (Å²) in [5.41, 5.74) is 0.101. The van der Waals surface area contributed by atoms with Gasteiger partial charge in [-0.2, -0.15) is 0 Å². The van der Waals surface area contributed by atoms with Crippen LogP contribution in [0.25, 0.3) is 0 Å². The zero-order valence-corrected chi connectivity index (χ0v) is 14.0. The fourth-order valence-electron chi connectivity index (χ4n) is 2.73. The largest absolute Gasteiger partial charge is 0.452 e. The van der Waals surface area contributed by atoms with Crippen molar-refractivity contribution in [1.82, 2.24) is 4.90 Å². The van der Waals surface area contributed by atoms with E-state index in [9.17, 15) is 9.59 Å². The Kier molecular flexibility index (Phi) is 6.09. The Bertz CT molecular complexity index is 542. The van der Waals surface area contributed by atoms with Gasteiger partial charge in [0.2, 0.25) is 0 Å². The third-order valence-electron chi connectivity index (χ3n) is 3.91. The summed E-state index contributed by atoms with van der Waals surface area (Å²) in [6, 6.07) is 5.00. The molecule has 120 valence electrons. The summed E-state index contributed by atoms with van der Waals surface area (Å²) >= 11 is 11.9. The molecule has 1 aliphatic rings. The van der Waals surface area contributed by atoms with E-state index in [1.165, 1.54) is 0 Å². The highest BCUT2D eigenvalue weighted by molar-refractivity contribution is 6.39. The van der Waals surface area contributed by atoms with E-state index in [2.05, 4.69) is 6.92 Å². The van der Waals surface area contributed by atoms with Crippen molar-refractivity contribution in [3.63, 3.8) is 0 Å². The predicted molar refractivity (Wildman–Crippen MR) is 86.4 cm³/mol. The van der Waals surface area contributed by atoms with Gasteiger partial charge in [0.05, 0.1) is 15.6 Å². The maximum atomic E-state index is 12.3. The molecule has 1 amide bonds. The van der Waals surface area contributed by atoms with Crippen molar-refractivity contribution in [2.75, 3.05) is 13.2 Å². The second kappa shape index (κ2) is 7.84. The minimum atomic E-state index is -0.672. The van der Waals surface area contributed by atoms with Gasteiger partial charge < -0.3 is 9.64 Å². The molecule has 1 saturated heterocycles. The topological polar surface area (TPSA) is 46.6 Å². The number of carbonyl (C=O) groups excluding carboxylic acids is 2. The number of halogens is 2. The smallest absolute Gasteiger partial charge is 0.341 e. The third-order valence-corrected chi connectivity index (χ3v) is 4.54. The molecule has 0 radical (unpaired) electrons. The van der Waals surface area contributed by atoms with Gasteiger partial charge >= 0.3 is 5.97 Å². The summed E-state index contributed by atoms with van der Waals surface area (Å²) < 4.78 is 5.10. The molecular formula is C16H19Cl2NO3. The molecule has 1 aromatic carbocycles. The van der Waals surface area contributed by atoms with Crippen LogP contribution in [-0.4, -0.2) is 36.0 Å². The fraction of sp³-hybridized carbons (Fsp3) is 0.500. The van der Waals surface area contributed by atoms with Crippen LogP contribution in [-0.2, 0) is 9.53 Å². The minimum absolute atomic E-state index is 0.101. The van der Waals surface area contributed by atoms with Crippen molar-refractivity contribution < 1.29 is 14.3 Å². The number of carbonyl (C=O) groups is 2. The van der Waals surface area contributed by atoms with Gasteiger partial charge in [-0.3, -0.25) is 4.79 Å². The Hall–Kier alpha value is -1.26. The Morgan fingerprint density at radius 3 is 2.59 bits per heavy atom. The minimum Gasteiger partial charge on any atom is -0.452 e. The predicted octanol–water partition coefficient (Wildman–Crippen LogP) is 3.94. The van der Waals surface area contributed by atoms with Gasteiger partial charge in [-0.25, -0.2) is 4.79 Å². The summed E-state index contributed by atoms with van der Waals surface area (Å²) in [5.74, 6) is -0.836. The first-order chi connectivity index (χ1) is 10.5. The lowest BCUT2D eigenvalue weighted by Crippen LogP contribution is -2.45. The van der Waals surface area contributed by atoms with Crippen LogP contribution in [0.1, 0.15) is 43.0 Å². The highest BCUT2D eigenvalue weighted by atomic mass is 35.5. The van der Waals surface area contributed by atoms with Crippen LogP contribution < -0.4 is 0 Å². The van der Waals surface area contributed by atoms with Crippen molar-refractivity contribution in [2.24, 2.45) is 0 Å². The van der Waals surface area contributed by atoms with E-state index in [0.29, 0.717) is 0 Å². The number of hydrogen-bond donors (Lipinski definition) is 0. The third kappa shape index (κ3) is 3.93. The number of benzene rings is 1. The van der Waals surface area contributed by atoms with Crippen molar-refractivity contribution in [3.8, 4) is 0 Å². The van der Waals surface area contributed by atoms with E-state index in [-0.39, 0.29) is 34.2 Å². The normalized spacial score (nSPS) is 18.1. The molecule has 0 aromatic heterocycles. The molecule has 2 rings (SSSR count). The first kappa shape index (κ1) is 17.1. The molecule has 1 fully saturated rings. The molecule has 0 bridgehead atoms. The molecule has 1 aromatic rings. The number of piperidine rings is 1. The maximum absolute atomic E-state index is 12.3. The lowest BCUT2D eigenvalue weighted by molar-refractivity contribution is -0.138. The lowest BCUT2D eigenvalue weighted by Gasteiger charge is -2.35. The molecule has 22 heavy (non-hydrogen) atoms. The van der Waals surface area contributed by atoms with Gasteiger partial charge in [-0.15, -0.1) is 0 Å². The van der Waals surface area contributed by atoms with E-state index in [1.807, 2.05) is 4.90 Å². The van der Waals surface area contributed by atoms with E-state index in [0.717, 1.165) is 32.2 Å². The monoisotopic (exact) mass is 343 g/mol. The molecule has 1 aliphatic heterocycles. The van der Waals surface area contributed by atoms with Gasteiger partial charge in [-0.05, 0) is 37.8 Å². The van der Waals surface area contributed by atoms with Crippen LogP contribution in [0.2, 0.25) is 10.0 Å². The maximum Gasteiger partial charge on any atom is 0.341 e. The van der Waals surface area contributed by atoms with Gasteiger partial charge in [0.25, 0.3) is 5.91 Å². The Morgan fingerprint density at radius 2 is 1.95 bits per heavy atom. The number of amides is 1. The highest BCUT2D eigenvalue weighted by Crippen LogP contribution is 2.25. The molecule has 1 unspecified atom stereocenters. The van der Waals surface area contributed by atoms with Crippen LogP contribution in [0, 0.1) is 0 Å². The summed E-state index contributed by atoms with van der Waals surface area (Å²) in [4.78, 5) is 26.1. The van der Waals surface area contributed by atoms with Crippen LogP contribution in [0.3, 0.4) is 0 Å². The van der Waals surface area contributed by atoms with Crippen molar-refractivity contribution in [2.45, 2.75) is 38.6 Å². The van der Waals surface area contributed by atoms with Gasteiger partial charge in [-0.1, -0.05) is 36.2 Å². The molecular weight excluding hydrogens is 325 g/mol. The van der Waals surface area contributed by atoms with Crippen LogP contribution in [0.4, 0.5) is 0 Å². The number of esters is 1. The SMILES string of the molecule is CCC1CCCCN1C(=O)COC(=O)c1c(Cl)cccc1Cl. The molecule has 1 atom stereocenters. The molecule has 4 nitrogen and oxygen atoms in total. The zero-order valence-electron chi connectivity index (χ0n) is 12.5. The van der Waals surface area contributed by atoms with Crippen LogP contribution >= 0.6 is 23.2 Å². The van der Waals surface area contributed by atoms with Crippen molar-refractivity contribution in [3.05, 3.63) is 33.8 Å².